The highest BCUT2D eigenvalue weighted by molar-refractivity contribution is 7.80. The first-order chi connectivity index (χ1) is 9.97. The first-order valence-corrected chi connectivity index (χ1v) is 8.38. The predicted molar refractivity (Wildman–Crippen MR) is 92.2 cm³/mol. The molecule has 1 fully saturated rings. The summed E-state index contributed by atoms with van der Waals surface area (Å²) in [6.07, 6.45) is 4.18. The molecule has 3 atom stereocenters. The summed E-state index contributed by atoms with van der Waals surface area (Å²) < 4.78 is 6.26. The molecule has 3 heteroatoms. The molecule has 0 amide bonds. The van der Waals surface area contributed by atoms with Crippen LogP contribution < -0.4 is 5.73 Å². The van der Waals surface area contributed by atoms with E-state index in [9.17, 15) is 0 Å². The van der Waals surface area contributed by atoms with Crippen LogP contribution in [0.1, 0.15) is 51.2 Å². The van der Waals surface area contributed by atoms with Gasteiger partial charge in [-0.1, -0.05) is 57.6 Å². The van der Waals surface area contributed by atoms with E-state index in [4.69, 9.17) is 22.7 Å². The van der Waals surface area contributed by atoms with Crippen molar-refractivity contribution in [1.29, 1.82) is 0 Å². The first-order valence-electron chi connectivity index (χ1n) is 7.97. The average molecular weight is 305 g/mol. The standard InChI is InChI=1S/C18H27NOS/c1-12(2)16-8-7-13(3)9-17(16)20-11-14-5-4-6-15(10-14)18(19)21/h4-6,10,12-13,16-17H,7-9,11H2,1-3H3,(H2,19,21). The molecule has 2 rings (SSSR count). The monoisotopic (exact) mass is 305 g/mol. The molecule has 0 aromatic heterocycles. The van der Waals surface area contributed by atoms with Crippen molar-refractivity contribution in [2.75, 3.05) is 0 Å². The Balaban J connectivity index is 2.00. The fourth-order valence-electron chi connectivity index (χ4n) is 3.32. The van der Waals surface area contributed by atoms with Gasteiger partial charge in [0.15, 0.2) is 0 Å². The Hall–Kier alpha value is -0.930. The zero-order valence-electron chi connectivity index (χ0n) is 13.3. The summed E-state index contributed by atoms with van der Waals surface area (Å²) >= 11 is 5.04. The van der Waals surface area contributed by atoms with E-state index >= 15 is 0 Å². The highest BCUT2D eigenvalue weighted by Crippen LogP contribution is 2.35. The van der Waals surface area contributed by atoms with Gasteiger partial charge in [0.25, 0.3) is 0 Å². The molecule has 1 aliphatic carbocycles. The number of nitrogens with two attached hydrogens (primary N) is 1. The molecule has 2 nitrogen and oxygen atoms in total. The van der Waals surface area contributed by atoms with Crippen LogP contribution in [0.15, 0.2) is 24.3 Å². The molecule has 1 aromatic rings. The van der Waals surface area contributed by atoms with Crippen LogP contribution in [0.5, 0.6) is 0 Å². The topological polar surface area (TPSA) is 35.2 Å². The lowest BCUT2D eigenvalue weighted by molar-refractivity contribution is -0.0472. The zero-order valence-corrected chi connectivity index (χ0v) is 14.2. The van der Waals surface area contributed by atoms with Crippen LogP contribution in [0.3, 0.4) is 0 Å². The molecular weight excluding hydrogens is 278 g/mol. The van der Waals surface area contributed by atoms with Crippen LogP contribution in [0, 0.1) is 17.8 Å². The molecule has 21 heavy (non-hydrogen) atoms. The van der Waals surface area contributed by atoms with Gasteiger partial charge in [0.05, 0.1) is 12.7 Å². The highest BCUT2D eigenvalue weighted by Gasteiger charge is 2.31. The van der Waals surface area contributed by atoms with Crippen molar-refractivity contribution in [2.24, 2.45) is 23.5 Å². The van der Waals surface area contributed by atoms with Crippen LogP contribution in [0.4, 0.5) is 0 Å². The largest absolute Gasteiger partial charge is 0.389 e. The summed E-state index contributed by atoms with van der Waals surface area (Å²) in [7, 11) is 0. The Morgan fingerprint density at radius 2 is 2.14 bits per heavy atom. The fraction of sp³-hybridized carbons (Fsp3) is 0.611. The van der Waals surface area contributed by atoms with E-state index in [1.807, 2.05) is 18.2 Å². The lowest BCUT2D eigenvalue weighted by Gasteiger charge is -2.37. The maximum atomic E-state index is 6.26. The summed E-state index contributed by atoms with van der Waals surface area (Å²) in [6, 6.07) is 8.07. The second-order valence-corrected chi connectivity index (χ2v) is 7.18. The third-order valence-electron chi connectivity index (χ3n) is 4.64. The molecule has 0 radical (unpaired) electrons. The van der Waals surface area contributed by atoms with Gasteiger partial charge in [-0.05, 0) is 42.2 Å². The number of benzene rings is 1. The Morgan fingerprint density at radius 1 is 1.38 bits per heavy atom. The third-order valence-corrected chi connectivity index (χ3v) is 4.87. The summed E-state index contributed by atoms with van der Waals surface area (Å²) in [4.78, 5) is 0.447. The molecule has 0 saturated heterocycles. The van der Waals surface area contributed by atoms with Gasteiger partial charge in [0.2, 0.25) is 0 Å². The van der Waals surface area contributed by atoms with E-state index in [2.05, 4.69) is 26.8 Å². The van der Waals surface area contributed by atoms with Gasteiger partial charge in [-0.2, -0.15) is 0 Å². The van der Waals surface area contributed by atoms with Gasteiger partial charge in [0, 0.05) is 5.56 Å². The molecule has 2 N–H and O–H groups in total. The Kier molecular flexibility index (Phi) is 5.77. The van der Waals surface area contributed by atoms with Crippen LogP contribution in [-0.2, 0) is 11.3 Å². The second-order valence-electron chi connectivity index (χ2n) is 6.74. The van der Waals surface area contributed by atoms with Crippen LogP contribution in [0.25, 0.3) is 0 Å². The minimum atomic E-state index is 0.377. The molecule has 1 aliphatic rings. The van der Waals surface area contributed by atoms with Crippen molar-refractivity contribution in [3.63, 3.8) is 0 Å². The SMILES string of the molecule is CC1CCC(C(C)C)C(OCc2cccc(C(N)=S)c2)C1. The van der Waals surface area contributed by atoms with E-state index in [-0.39, 0.29) is 0 Å². The molecular formula is C18H27NOS. The maximum absolute atomic E-state index is 6.26. The van der Waals surface area contributed by atoms with Gasteiger partial charge in [-0.3, -0.25) is 0 Å². The maximum Gasteiger partial charge on any atom is 0.103 e. The van der Waals surface area contributed by atoms with E-state index in [0.29, 0.717) is 29.5 Å². The van der Waals surface area contributed by atoms with Gasteiger partial charge in [-0.25, -0.2) is 0 Å². The van der Waals surface area contributed by atoms with Crippen molar-refractivity contribution in [1.82, 2.24) is 0 Å². The molecule has 0 heterocycles. The third kappa shape index (κ3) is 4.52. The van der Waals surface area contributed by atoms with Gasteiger partial charge >= 0.3 is 0 Å². The smallest absolute Gasteiger partial charge is 0.103 e. The Bertz CT molecular complexity index is 486. The van der Waals surface area contributed by atoms with E-state index in [1.54, 1.807) is 0 Å². The lowest BCUT2D eigenvalue weighted by atomic mass is 9.75. The highest BCUT2D eigenvalue weighted by atomic mass is 32.1. The molecule has 0 aliphatic heterocycles. The van der Waals surface area contributed by atoms with Crippen molar-refractivity contribution in [3.8, 4) is 0 Å². The van der Waals surface area contributed by atoms with Crippen molar-refractivity contribution < 1.29 is 4.74 Å². The van der Waals surface area contributed by atoms with E-state index in [0.717, 1.165) is 17.0 Å². The minimum Gasteiger partial charge on any atom is -0.389 e. The number of rotatable bonds is 5. The fourth-order valence-corrected chi connectivity index (χ4v) is 3.45. The quantitative estimate of drug-likeness (QED) is 0.824. The van der Waals surface area contributed by atoms with Gasteiger partial charge in [0.1, 0.15) is 4.99 Å². The first kappa shape index (κ1) is 16.4. The molecule has 0 spiro atoms. The van der Waals surface area contributed by atoms with E-state index < -0.39 is 0 Å². The number of thiocarbonyl (C=S) groups is 1. The number of hydrogen-bond acceptors (Lipinski definition) is 2. The summed E-state index contributed by atoms with van der Waals surface area (Å²) in [5, 5.41) is 0. The Labute approximate surface area is 134 Å². The average Bonchev–Trinajstić information content (AvgIpc) is 2.45. The minimum absolute atomic E-state index is 0.377. The normalized spacial score (nSPS) is 26.0. The molecule has 116 valence electrons. The molecule has 3 unspecified atom stereocenters. The molecule has 1 saturated carbocycles. The molecule has 0 bridgehead atoms. The van der Waals surface area contributed by atoms with Crippen LogP contribution in [-0.4, -0.2) is 11.1 Å². The van der Waals surface area contributed by atoms with Crippen LogP contribution >= 0.6 is 12.2 Å². The van der Waals surface area contributed by atoms with Crippen molar-refractivity contribution >= 4 is 17.2 Å². The summed E-state index contributed by atoms with van der Waals surface area (Å²) in [5.74, 6) is 2.14. The van der Waals surface area contributed by atoms with Gasteiger partial charge < -0.3 is 10.5 Å². The Morgan fingerprint density at radius 3 is 2.81 bits per heavy atom. The van der Waals surface area contributed by atoms with Crippen molar-refractivity contribution in [3.05, 3.63) is 35.4 Å². The number of ether oxygens (including phenoxy) is 1. The summed E-state index contributed by atoms with van der Waals surface area (Å²) in [6.45, 7) is 7.60. The number of hydrogen-bond donors (Lipinski definition) is 1. The molecule has 1 aromatic carbocycles. The van der Waals surface area contributed by atoms with E-state index in [1.165, 1.54) is 19.3 Å². The zero-order chi connectivity index (χ0) is 15.4. The van der Waals surface area contributed by atoms with Gasteiger partial charge in [-0.15, -0.1) is 0 Å². The second kappa shape index (κ2) is 7.37. The van der Waals surface area contributed by atoms with Crippen LogP contribution in [0.2, 0.25) is 0 Å². The van der Waals surface area contributed by atoms with Crippen molar-refractivity contribution in [2.45, 2.75) is 52.7 Å². The summed E-state index contributed by atoms with van der Waals surface area (Å²) in [5.41, 5.74) is 7.77. The predicted octanol–water partition coefficient (Wildman–Crippen LogP) is 4.30. The lowest BCUT2D eigenvalue weighted by Crippen LogP contribution is -2.34.